The van der Waals surface area contributed by atoms with Gasteiger partial charge in [-0.1, -0.05) is 29.8 Å². The fraction of sp³-hybridized carbons (Fsp3) is 0.419. The summed E-state index contributed by atoms with van der Waals surface area (Å²) in [6.45, 7) is 8.06. The lowest BCUT2D eigenvalue weighted by Crippen LogP contribution is -2.32. The second-order valence-corrected chi connectivity index (χ2v) is 11.8. The predicted octanol–water partition coefficient (Wildman–Crippen LogP) is 7.23. The minimum absolute atomic E-state index is 0.0665. The second-order valence-electron chi connectivity index (χ2n) is 11.3. The van der Waals surface area contributed by atoms with Gasteiger partial charge in [0.2, 0.25) is 0 Å². The summed E-state index contributed by atoms with van der Waals surface area (Å²) in [6, 6.07) is 9.13. The first-order valence-corrected chi connectivity index (χ1v) is 14.3. The van der Waals surface area contributed by atoms with Gasteiger partial charge in [0, 0.05) is 36.9 Å². The van der Waals surface area contributed by atoms with E-state index in [0.717, 1.165) is 25.0 Å². The Kier molecular flexibility index (Phi) is 9.96. The lowest BCUT2D eigenvalue weighted by Gasteiger charge is -2.21. The fourth-order valence-electron chi connectivity index (χ4n) is 4.70. The molecule has 1 saturated heterocycles. The van der Waals surface area contributed by atoms with Crippen LogP contribution in [0.1, 0.15) is 85.5 Å². The van der Waals surface area contributed by atoms with Crippen LogP contribution in [0.25, 0.3) is 11.1 Å². The maximum atomic E-state index is 13.6. The van der Waals surface area contributed by atoms with E-state index in [9.17, 15) is 22.8 Å². The number of amides is 2. The topological polar surface area (TPSA) is 102 Å². The van der Waals surface area contributed by atoms with Crippen LogP contribution >= 0.6 is 11.6 Å². The van der Waals surface area contributed by atoms with Gasteiger partial charge in [-0.3, -0.25) is 4.79 Å². The van der Waals surface area contributed by atoms with Crippen molar-refractivity contribution in [3.63, 3.8) is 0 Å². The molecule has 230 valence electrons. The summed E-state index contributed by atoms with van der Waals surface area (Å²) in [5.74, 6) is 0.321. The second kappa shape index (κ2) is 13.3. The van der Waals surface area contributed by atoms with Gasteiger partial charge in [-0.05, 0) is 87.1 Å². The van der Waals surface area contributed by atoms with Gasteiger partial charge in [0.25, 0.3) is 5.91 Å². The van der Waals surface area contributed by atoms with Gasteiger partial charge in [0.1, 0.15) is 17.1 Å². The quantitative estimate of drug-likeness (QED) is 0.290. The Morgan fingerprint density at radius 2 is 1.81 bits per heavy atom. The van der Waals surface area contributed by atoms with E-state index in [0.29, 0.717) is 35.7 Å². The molecule has 1 aliphatic heterocycles. The zero-order valence-corrected chi connectivity index (χ0v) is 25.1. The van der Waals surface area contributed by atoms with E-state index in [1.54, 1.807) is 52.1 Å². The fourth-order valence-corrected chi connectivity index (χ4v) is 5.05. The SMILES string of the molecule is C[C@@H](NC(=O)c1ccnc(C2CCOCC2)n1)c1ccc(-c2cc(C(F)(F)F)ccc2CNC(=O)OC(C)(C)C)cc1Cl. The molecule has 0 radical (unpaired) electrons. The molecule has 3 aromatic rings. The number of aromatic nitrogens is 2. The summed E-state index contributed by atoms with van der Waals surface area (Å²) < 4.78 is 51.4. The molecule has 0 unspecified atom stereocenters. The van der Waals surface area contributed by atoms with E-state index in [-0.39, 0.29) is 28.7 Å². The maximum absolute atomic E-state index is 13.6. The van der Waals surface area contributed by atoms with Gasteiger partial charge in [-0.15, -0.1) is 0 Å². The van der Waals surface area contributed by atoms with E-state index in [4.69, 9.17) is 21.1 Å². The Bertz CT molecular complexity index is 1470. The molecule has 0 aliphatic carbocycles. The number of ether oxygens (including phenoxy) is 2. The van der Waals surface area contributed by atoms with Crippen LogP contribution < -0.4 is 10.6 Å². The number of benzene rings is 2. The molecule has 1 fully saturated rings. The van der Waals surface area contributed by atoms with Crippen LogP contribution in [0.5, 0.6) is 0 Å². The lowest BCUT2D eigenvalue weighted by atomic mass is 9.95. The van der Waals surface area contributed by atoms with Crippen LogP contribution in [0.4, 0.5) is 18.0 Å². The average molecular weight is 619 g/mol. The Hall–Kier alpha value is -3.70. The van der Waals surface area contributed by atoms with Gasteiger partial charge in [-0.2, -0.15) is 13.2 Å². The average Bonchev–Trinajstić information content (AvgIpc) is 2.95. The standard InChI is InChI=1S/C31H34ClF3N4O4/c1-18(38-28(40)26-9-12-36-27(39-26)19-10-13-42-14-11-19)23-8-6-20(15-25(23)32)24-16-22(31(33,34)35)7-5-21(24)17-37-29(41)43-30(2,3)4/h5-9,12,15-16,18-19H,10-11,13-14,17H2,1-4H3,(H,37,41)(H,38,40)/t18-/m1/s1. The van der Waals surface area contributed by atoms with Crippen molar-refractivity contribution in [2.24, 2.45) is 0 Å². The van der Waals surface area contributed by atoms with Gasteiger partial charge in [-0.25, -0.2) is 14.8 Å². The highest BCUT2D eigenvalue weighted by Gasteiger charge is 2.31. The van der Waals surface area contributed by atoms with Crippen molar-refractivity contribution in [3.8, 4) is 11.1 Å². The number of alkyl carbamates (subject to hydrolysis) is 1. The number of nitrogens with zero attached hydrogens (tertiary/aromatic N) is 2. The molecule has 2 N–H and O–H groups in total. The minimum Gasteiger partial charge on any atom is -0.444 e. The highest BCUT2D eigenvalue weighted by atomic mass is 35.5. The number of alkyl halides is 3. The molecule has 43 heavy (non-hydrogen) atoms. The first-order chi connectivity index (χ1) is 20.2. The molecule has 1 aliphatic rings. The van der Waals surface area contributed by atoms with E-state index in [2.05, 4.69) is 20.6 Å². The van der Waals surface area contributed by atoms with Crippen molar-refractivity contribution in [2.75, 3.05) is 13.2 Å². The van der Waals surface area contributed by atoms with Crippen molar-refractivity contribution in [1.29, 1.82) is 0 Å². The molecule has 2 heterocycles. The smallest absolute Gasteiger partial charge is 0.416 e. The van der Waals surface area contributed by atoms with Crippen LogP contribution in [0.15, 0.2) is 48.7 Å². The molecule has 12 heteroatoms. The van der Waals surface area contributed by atoms with E-state index < -0.39 is 35.4 Å². The molecule has 2 amide bonds. The lowest BCUT2D eigenvalue weighted by molar-refractivity contribution is -0.137. The molecule has 2 aromatic carbocycles. The summed E-state index contributed by atoms with van der Waals surface area (Å²) in [5, 5.41) is 5.73. The third-order valence-corrected chi connectivity index (χ3v) is 7.21. The van der Waals surface area contributed by atoms with E-state index >= 15 is 0 Å². The maximum Gasteiger partial charge on any atom is 0.416 e. The summed E-state index contributed by atoms with van der Waals surface area (Å²) in [4.78, 5) is 34.0. The van der Waals surface area contributed by atoms with Crippen LogP contribution in [0, 0.1) is 0 Å². The Morgan fingerprint density at radius 1 is 1.09 bits per heavy atom. The van der Waals surface area contributed by atoms with Crippen molar-refractivity contribution >= 4 is 23.6 Å². The van der Waals surface area contributed by atoms with E-state index in [1.807, 2.05) is 0 Å². The molecular weight excluding hydrogens is 585 g/mol. The normalized spacial score (nSPS) is 15.1. The molecule has 0 saturated carbocycles. The molecule has 0 spiro atoms. The molecule has 1 aromatic heterocycles. The Labute approximate surface area is 253 Å². The minimum atomic E-state index is -4.57. The van der Waals surface area contributed by atoms with Crippen molar-refractivity contribution in [2.45, 2.75) is 70.8 Å². The molecule has 1 atom stereocenters. The number of carbonyl (C=O) groups is 2. The molecule has 0 bridgehead atoms. The summed E-state index contributed by atoms with van der Waals surface area (Å²) in [7, 11) is 0. The zero-order valence-electron chi connectivity index (χ0n) is 24.3. The first kappa shape index (κ1) is 32.2. The first-order valence-electron chi connectivity index (χ1n) is 13.9. The number of halogens is 4. The van der Waals surface area contributed by atoms with E-state index in [1.165, 1.54) is 12.1 Å². The van der Waals surface area contributed by atoms with Gasteiger partial charge >= 0.3 is 12.3 Å². The monoisotopic (exact) mass is 618 g/mol. The number of hydrogen-bond donors (Lipinski definition) is 2. The Balaban J connectivity index is 1.54. The third kappa shape index (κ3) is 8.67. The molecule has 4 rings (SSSR count). The van der Waals surface area contributed by atoms with Crippen LogP contribution in [-0.2, 0) is 22.2 Å². The van der Waals surface area contributed by atoms with Gasteiger partial charge in [0.05, 0.1) is 11.6 Å². The van der Waals surface area contributed by atoms with Crippen LogP contribution in [-0.4, -0.2) is 40.8 Å². The predicted molar refractivity (Wildman–Crippen MR) is 156 cm³/mol. The zero-order chi connectivity index (χ0) is 31.4. The van der Waals surface area contributed by atoms with Crippen LogP contribution in [0.2, 0.25) is 5.02 Å². The number of hydrogen-bond acceptors (Lipinski definition) is 6. The van der Waals surface area contributed by atoms with Gasteiger partial charge in [0.15, 0.2) is 0 Å². The largest absolute Gasteiger partial charge is 0.444 e. The number of nitrogens with one attached hydrogen (secondary N) is 2. The molecular formula is C31H34ClF3N4O4. The van der Waals surface area contributed by atoms with Crippen molar-refractivity contribution in [1.82, 2.24) is 20.6 Å². The van der Waals surface area contributed by atoms with Gasteiger partial charge < -0.3 is 20.1 Å². The van der Waals surface area contributed by atoms with Crippen LogP contribution in [0.3, 0.4) is 0 Å². The molecule has 8 nitrogen and oxygen atoms in total. The highest BCUT2D eigenvalue weighted by Crippen LogP contribution is 2.36. The summed E-state index contributed by atoms with van der Waals surface area (Å²) >= 11 is 6.61. The highest BCUT2D eigenvalue weighted by molar-refractivity contribution is 6.31. The number of carbonyl (C=O) groups excluding carboxylic acids is 2. The Morgan fingerprint density at radius 3 is 2.47 bits per heavy atom. The summed E-state index contributed by atoms with van der Waals surface area (Å²) in [6.07, 6.45) is -2.13. The summed E-state index contributed by atoms with van der Waals surface area (Å²) in [5.41, 5.74) is 0.319. The van der Waals surface area contributed by atoms with Crippen molar-refractivity contribution in [3.05, 3.63) is 81.9 Å². The third-order valence-electron chi connectivity index (χ3n) is 6.88. The van der Waals surface area contributed by atoms with Crippen molar-refractivity contribution < 1.29 is 32.2 Å². The number of rotatable bonds is 7.